The van der Waals surface area contributed by atoms with Gasteiger partial charge in [0.25, 0.3) is 0 Å². The Morgan fingerprint density at radius 3 is 2.35 bits per heavy atom. The lowest BCUT2D eigenvalue weighted by molar-refractivity contribution is -0.158. The van der Waals surface area contributed by atoms with Gasteiger partial charge in [0.15, 0.2) is 0 Å². The van der Waals surface area contributed by atoms with Gasteiger partial charge >= 0.3 is 12.1 Å². The third-order valence-electron chi connectivity index (χ3n) is 5.23. The molecular formula is C18H23NO4. The summed E-state index contributed by atoms with van der Waals surface area (Å²) in [4.78, 5) is 23.7. The van der Waals surface area contributed by atoms with E-state index in [1.54, 1.807) is 0 Å². The van der Waals surface area contributed by atoms with Crippen LogP contribution < -0.4 is 5.32 Å². The normalized spacial score (nSPS) is 21.2. The molecule has 1 amide bonds. The molecule has 23 heavy (non-hydrogen) atoms. The second-order valence-corrected chi connectivity index (χ2v) is 6.99. The number of amides is 1. The second-order valence-electron chi connectivity index (χ2n) is 6.99. The number of benzene rings is 1. The summed E-state index contributed by atoms with van der Waals surface area (Å²) in [6, 6.07) is 9.35. The Labute approximate surface area is 136 Å². The van der Waals surface area contributed by atoms with Crippen LogP contribution in [0.4, 0.5) is 4.79 Å². The summed E-state index contributed by atoms with van der Waals surface area (Å²) < 4.78 is 5.17. The first-order chi connectivity index (χ1) is 11.0. The van der Waals surface area contributed by atoms with Gasteiger partial charge in [-0.25, -0.2) is 9.59 Å². The van der Waals surface area contributed by atoms with E-state index >= 15 is 0 Å². The van der Waals surface area contributed by atoms with Gasteiger partial charge in [-0.1, -0.05) is 49.6 Å². The van der Waals surface area contributed by atoms with Gasteiger partial charge in [-0.15, -0.1) is 0 Å². The third kappa shape index (κ3) is 3.33. The minimum absolute atomic E-state index is 0.114. The standard InChI is InChI=1S/C18H23NO4/c20-15(21)18(12-17(13-18)9-5-2-6-10-17)19-16(22)23-11-14-7-3-1-4-8-14/h1,3-4,7-8H,2,5-6,9-13H2,(H,19,22)(H,20,21). The minimum Gasteiger partial charge on any atom is -0.480 e. The van der Waals surface area contributed by atoms with Crippen LogP contribution in [0.1, 0.15) is 50.5 Å². The maximum atomic E-state index is 12.0. The highest BCUT2D eigenvalue weighted by Crippen LogP contribution is 2.56. The quantitative estimate of drug-likeness (QED) is 0.891. The van der Waals surface area contributed by atoms with Gasteiger partial charge in [-0.3, -0.25) is 0 Å². The zero-order valence-corrected chi connectivity index (χ0v) is 13.2. The smallest absolute Gasteiger partial charge is 0.408 e. The highest BCUT2D eigenvalue weighted by atomic mass is 16.5. The molecule has 2 aliphatic carbocycles. The molecule has 2 aliphatic rings. The predicted octanol–water partition coefficient (Wildman–Crippen LogP) is 3.48. The lowest BCUT2D eigenvalue weighted by Gasteiger charge is -2.55. The number of carboxylic acids is 1. The summed E-state index contributed by atoms with van der Waals surface area (Å²) in [5.74, 6) is -0.953. The van der Waals surface area contributed by atoms with Crippen molar-refractivity contribution in [2.45, 2.75) is 57.1 Å². The first kappa shape index (κ1) is 15.8. The second kappa shape index (κ2) is 6.22. The number of carboxylic acid groups (broad SMARTS) is 1. The number of rotatable bonds is 4. The van der Waals surface area contributed by atoms with Crippen molar-refractivity contribution in [3.05, 3.63) is 35.9 Å². The van der Waals surface area contributed by atoms with E-state index in [1.807, 2.05) is 30.3 Å². The van der Waals surface area contributed by atoms with Crippen molar-refractivity contribution in [3.8, 4) is 0 Å². The molecule has 2 fully saturated rings. The van der Waals surface area contributed by atoms with Gasteiger partial charge in [0.1, 0.15) is 12.1 Å². The summed E-state index contributed by atoms with van der Waals surface area (Å²) in [6.45, 7) is 0.146. The van der Waals surface area contributed by atoms with E-state index in [0.29, 0.717) is 12.8 Å². The van der Waals surface area contributed by atoms with E-state index in [-0.39, 0.29) is 12.0 Å². The van der Waals surface area contributed by atoms with Crippen molar-refractivity contribution in [3.63, 3.8) is 0 Å². The molecule has 0 saturated heterocycles. The van der Waals surface area contributed by atoms with Crippen molar-refractivity contribution >= 4 is 12.1 Å². The number of hydrogen-bond acceptors (Lipinski definition) is 3. The van der Waals surface area contributed by atoms with Crippen LogP contribution >= 0.6 is 0 Å². The summed E-state index contributed by atoms with van der Waals surface area (Å²) in [7, 11) is 0. The Hall–Kier alpha value is -2.04. The molecule has 5 nitrogen and oxygen atoms in total. The monoisotopic (exact) mass is 317 g/mol. The van der Waals surface area contributed by atoms with E-state index in [2.05, 4.69) is 5.32 Å². The number of ether oxygens (including phenoxy) is 1. The summed E-state index contributed by atoms with van der Waals surface area (Å²) >= 11 is 0. The lowest BCUT2D eigenvalue weighted by Crippen LogP contribution is -2.66. The van der Waals surface area contributed by atoms with Crippen LogP contribution in [-0.4, -0.2) is 22.7 Å². The average Bonchev–Trinajstić information content (AvgIpc) is 2.53. The van der Waals surface area contributed by atoms with Crippen LogP contribution in [0.3, 0.4) is 0 Å². The van der Waals surface area contributed by atoms with E-state index in [9.17, 15) is 14.7 Å². The van der Waals surface area contributed by atoms with Gasteiger partial charge in [-0.05, 0) is 36.7 Å². The number of hydrogen-bond donors (Lipinski definition) is 2. The maximum Gasteiger partial charge on any atom is 0.408 e. The SMILES string of the molecule is O=C(NC1(C(=O)O)CC2(CCCCC2)C1)OCc1ccccc1. The third-order valence-corrected chi connectivity index (χ3v) is 5.23. The highest BCUT2D eigenvalue weighted by Gasteiger charge is 2.59. The predicted molar refractivity (Wildman–Crippen MR) is 84.9 cm³/mol. The van der Waals surface area contributed by atoms with E-state index < -0.39 is 17.6 Å². The average molecular weight is 317 g/mol. The van der Waals surface area contributed by atoms with Crippen LogP contribution in [0.25, 0.3) is 0 Å². The topological polar surface area (TPSA) is 75.6 Å². The van der Waals surface area contributed by atoms with Gasteiger partial charge in [0.2, 0.25) is 0 Å². The molecule has 0 bridgehead atoms. The molecule has 5 heteroatoms. The van der Waals surface area contributed by atoms with Crippen LogP contribution in [0, 0.1) is 5.41 Å². The van der Waals surface area contributed by atoms with Gasteiger partial charge < -0.3 is 15.2 Å². The molecule has 1 spiro atoms. The molecule has 124 valence electrons. The molecule has 0 heterocycles. The molecule has 0 radical (unpaired) electrons. The number of nitrogens with one attached hydrogen (secondary N) is 1. The first-order valence-electron chi connectivity index (χ1n) is 8.26. The molecule has 2 saturated carbocycles. The molecule has 0 aliphatic heterocycles. The van der Waals surface area contributed by atoms with Crippen molar-refractivity contribution in [2.24, 2.45) is 5.41 Å². The summed E-state index contributed by atoms with van der Waals surface area (Å²) in [5, 5.41) is 12.2. The Kier molecular flexibility index (Phi) is 4.28. The fraction of sp³-hybridized carbons (Fsp3) is 0.556. The highest BCUT2D eigenvalue weighted by molar-refractivity contribution is 5.85. The molecule has 3 rings (SSSR count). The first-order valence-corrected chi connectivity index (χ1v) is 8.26. The van der Waals surface area contributed by atoms with E-state index in [4.69, 9.17) is 4.74 Å². The maximum absolute atomic E-state index is 12.0. The number of aliphatic carboxylic acids is 1. The Balaban J connectivity index is 1.56. The molecule has 0 unspecified atom stereocenters. The van der Waals surface area contributed by atoms with Crippen molar-refractivity contribution in [1.82, 2.24) is 5.32 Å². The van der Waals surface area contributed by atoms with Gasteiger partial charge in [0, 0.05) is 0 Å². The van der Waals surface area contributed by atoms with Crippen LogP contribution in [0.15, 0.2) is 30.3 Å². The van der Waals surface area contributed by atoms with Gasteiger partial charge in [-0.2, -0.15) is 0 Å². The van der Waals surface area contributed by atoms with Crippen molar-refractivity contribution < 1.29 is 19.4 Å². The zero-order chi connectivity index (χ0) is 16.3. The largest absolute Gasteiger partial charge is 0.480 e. The summed E-state index contributed by atoms with van der Waals surface area (Å²) in [5.41, 5.74) is -0.154. The van der Waals surface area contributed by atoms with Crippen LogP contribution in [0.5, 0.6) is 0 Å². The minimum atomic E-state index is -1.15. The Bertz CT molecular complexity index is 570. The van der Waals surface area contributed by atoms with Crippen LogP contribution in [0.2, 0.25) is 0 Å². The molecule has 1 aromatic carbocycles. The number of alkyl carbamates (subject to hydrolysis) is 1. The lowest BCUT2D eigenvalue weighted by atomic mass is 9.52. The number of carbonyl (C=O) groups excluding carboxylic acids is 1. The molecule has 0 atom stereocenters. The van der Waals surface area contributed by atoms with Crippen molar-refractivity contribution in [2.75, 3.05) is 0 Å². The fourth-order valence-corrected chi connectivity index (χ4v) is 4.13. The molecular weight excluding hydrogens is 294 g/mol. The number of carbonyl (C=O) groups is 2. The van der Waals surface area contributed by atoms with E-state index in [0.717, 1.165) is 31.2 Å². The fourth-order valence-electron chi connectivity index (χ4n) is 4.13. The zero-order valence-electron chi connectivity index (χ0n) is 13.2. The molecule has 2 N–H and O–H groups in total. The molecule has 1 aromatic rings. The van der Waals surface area contributed by atoms with Gasteiger partial charge in [0.05, 0.1) is 0 Å². The Morgan fingerprint density at radius 1 is 1.09 bits per heavy atom. The van der Waals surface area contributed by atoms with Crippen molar-refractivity contribution in [1.29, 1.82) is 0 Å². The molecule has 0 aromatic heterocycles. The van der Waals surface area contributed by atoms with E-state index in [1.165, 1.54) is 6.42 Å². The Morgan fingerprint density at radius 2 is 1.74 bits per heavy atom. The van der Waals surface area contributed by atoms with Crippen LogP contribution in [-0.2, 0) is 16.1 Å². The summed E-state index contributed by atoms with van der Waals surface area (Å²) in [6.07, 6.45) is 6.09.